The number of carbonyl (C=O) groups is 1. The van der Waals surface area contributed by atoms with Crippen LogP contribution in [0.2, 0.25) is 0 Å². The van der Waals surface area contributed by atoms with Gasteiger partial charge in [-0.05, 0) is 45.9 Å². The van der Waals surface area contributed by atoms with Gasteiger partial charge in [0.1, 0.15) is 11.4 Å². The average Bonchev–Trinajstić information content (AvgIpc) is 2.54. The van der Waals surface area contributed by atoms with E-state index in [0.717, 1.165) is 16.9 Å². The van der Waals surface area contributed by atoms with Crippen LogP contribution in [0.3, 0.4) is 0 Å². The third-order valence-electron chi connectivity index (χ3n) is 4.58. The number of hydrogen-bond donors (Lipinski definition) is 1. The number of carbonyl (C=O) groups excluding carboxylic acids is 1. The van der Waals surface area contributed by atoms with Gasteiger partial charge in [0.2, 0.25) is 0 Å². The number of nitro groups is 1. The maximum absolute atomic E-state index is 12.7. The van der Waals surface area contributed by atoms with Crippen molar-refractivity contribution in [3.05, 3.63) is 68.8 Å². The first-order chi connectivity index (χ1) is 12.2. The van der Waals surface area contributed by atoms with Gasteiger partial charge < -0.3 is 10.1 Å². The van der Waals surface area contributed by atoms with Crippen LogP contribution in [0.5, 0.6) is 5.75 Å². The molecular formula is C20H22N2O4. The standard InChI is InChI=1S/C20H22N2O4/c1-12-5-8-18-15(9-12)16(11-20(3,4)26-18)21-19(23)14-6-7-17(22(24)25)13(2)10-14/h5-10,16H,11H2,1-4H3,(H,21,23). The van der Waals surface area contributed by atoms with E-state index < -0.39 is 10.5 Å². The molecule has 2 aromatic rings. The molecule has 3 rings (SSSR count). The van der Waals surface area contributed by atoms with Gasteiger partial charge in [-0.15, -0.1) is 0 Å². The molecule has 0 aromatic heterocycles. The SMILES string of the molecule is Cc1ccc2c(c1)C(NC(=O)c1ccc([N+](=O)[O-])c(C)c1)CC(C)(C)O2. The highest BCUT2D eigenvalue weighted by Crippen LogP contribution is 2.40. The first-order valence-corrected chi connectivity index (χ1v) is 8.52. The highest BCUT2D eigenvalue weighted by molar-refractivity contribution is 5.95. The lowest BCUT2D eigenvalue weighted by Gasteiger charge is -2.38. The topological polar surface area (TPSA) is 81.5 Å². The van der Waals surface area contributed by atoms with Crippen molar-refractivity contribution < 1.29 is 14.5 Å². The Labute approximate surface area is 152 Å². The van der Waals surface area contributed by atoms with Crippen molar-refractivity contribution >= 4 is 11.6 Å². The predicted octanol–water partition coefficient (Wildman–Crippen LogP) is 4.24. The summed E-state index contributed by atoms with van der Waals surface area (Å²) < 4.78 is 6.03. The molecule has 1 atom stereocenters. The Balaban J connectivity index is 1.89. The van der Waals surface area contributed by atoms with Crippen LogP contribution < -0.4 is 10.1 Å². The summed E-state index contributed by atoms with van der Waals surface area (Å²) in [6.07, 6.45) is 0.640. The van der Waals surface area contributed by atoms with Crippen molar-refractivity contribution in [2.24, 2.45) is 0 Å². The lowest BCUT2D eigenvalue weighted by molar-refractivity contribution is -0.385. The van der Waals surface area contributed by atoms with Crippen molar-refractivity contribution in [1.82, 2.24) is 5.32 Å². The molecule has 0 spiro atoms. The summed E-state index contributed by atoms with van der Waals surface area (Å²) in [7, 11) is 0. The zero-order valence-corrected chi connectivity index (χ0v) is 15.3. The normalized spacial score (nSPS) is 17.8. The van der Waals surface area contributed by atoms with Crippen molar-refractivity contribution in [2.75, 3.05) is 0 Å². The van der Waals surface area contributed by atoms with E-state index in [-0.39, 0.29) is 17.6 Å². The molecule has 0 saturated heterocycles. The quantitative estimate of drug-likeness (QED) is 0.660. The predicted molar refractivity (Wildman–Crippen MR) is 98.5 cm³/mol. The maximum Gasteiger partial charge on any atom is 0.272 e. The number of aryl methyl sites for hydroxylation is 2. The molecule has 1 amide bonds. The molecule has 1 aliphatic rings. The zero-order valence-electron chi connectivity index (χ0n) is 15.3. The van der Waals surface area contributed by atoms with E-state index in [1.165, 1.54) is 12.1 Å². The Hall–Kier alpha value is -2.89. The van der Waals surface area contributed by atoms with Crippen molar-refractivity contribution in [3.63, 3.8) is 0 Å². The summed E-state index contributed by atoms with van der Waals surface area (Å²) >= 11 is 0. The highest BCUT2D eigenvalue weighted by atomic mass is 16.6. The van der Waals surface area contributed by atoms with Gasteiger partial charge in [-0.25, -0.2) is 0 Å². The summed E-state index contributed by atoms with van der Waals surface area (Å²) in [5, 5.41) is 14.0. The van der Waals surface area contributed by atoms with Crippen LogP contribution in [0.4, 0.5) is 5.69 Å². The largest absolute Gasteiger partial charge is 0.487 e. The summed E-state index contributed by atoms with van der Waals surface area (Å²) in [4.78, 5) is 23.2. The van der Waals surface area contributed by atoms with Crippen LogP contribution in [0, 0.1) is 24.0 Å². The molecule has 0 aliphatic carbocycles. The molecule has 0 radical (unpaired) electrons. The van der Waals surface area contributed by atoms with Gasteiger partial charge in [0.25, 0.3) is 11.6 Å². The van der Waals surface area contributed by atoms with E-state index in [1.54, 1.807) is 13.0 Å². The first kappa shape index (κ1) is 17.9. The fourth-order valence-corrected chi connectivity index (χ4v) is 3.35. The number of hydrogen-bond acceptors (Lipinski definition) is 4. The van der Waals surface area contributed by atoms with Crippen LogP contribution in [0.25, 0.3) is 0 Å². The van der Waals surface area contributed by atoms with Gasteiger partial charge in [0, 0.05) is 29.2 Å². The Bertz CT molecular complexity index is 889. The van der Waals surface area contributed by atoms with Gasteiger partial charge in [0.05, 0.1) is 11.0 Å². The number of benzene rings is 2. The summed E-state index contributed by atoms with van der Waals surface area (Å²) in [6.45, 7) is 7.61. The lowest BCUT2D eigenvalue weighted by Crippen LogP contribution is -2.41. The molecule has 1 N–H and O–H groups in total. The monoisotopic (exact) mass is 354 g/mol. The smallest absolute Gasteiger partial charge is 0.272 e. The maximum atomic E-state index is 12.7. The average molecular weight is 354 g/mol. The Morgan fingerprint density at radius 2 is 1.96 bits per heavy atom. The fraction of sp³-hybridized carbons (Fsp3) is 0.350. The number of nitrogens with zero attached hydrogens (tertiary/aromatic N) is 1. The molecule has 6 nitrogen and oxygen atoms in total. The van der Waals surface area contributed by atoms with Crippen LogP contribution in [0.15, 0.2) is 36.4 Å². The Morgan fingerprint density at radius 1 is 1.23 bits per heavy atom. The number of nitro benzene ring substituents is 1. The van der Waals surface area contributed by atoms with E-state index in [1.807, 2.05) is 39.0 Å². The van der Waals surface area contributed by atoms with E-state index in [4.69, 9.17) is 4.74 Å². The minimum Gasteiger partial charge on any atom is -0.487 e. The molecular weight excluding hydrogens is 332 g/mol. The van der Waals surface area contributed by atoms with Gasteiger partial charge >= 0.3 is 0 Å². The molecule has 1 heterocycles. The van der Waals surface area contributed by atoms with Crippen LogP contribution in [0.1, 0.15) is 53.4 Å². The summed E-state index contributed by atoms with van der Waals surface area (Å²) in [6, 6.07) is 10.2. The van der Waals surface area contributed by atoms with Gasteiger partial charge in [-0.3, -0.25) is 14.9 Å². The Morgan fingerprint density at radius 3 is 2.62 bits per heavy atom. The van der Waals surface area contributed by atoms with Gasteiger partial charge in [0.15, 0.2) is 0 Å². The number of nitrogens with one attached hydrogen (secondary N) is 1. The second-order valence-electron chi connectivity index (χ2n) is 7.39. The molecule has 2 aromatic carbocycles. The second kappa shape index (κ2) is 6.44. The molecule has 26 heavy (non-hydrogen) atoms. The number of fused-ring (bicyclic) bond motifs is 1. The van der Waals surface area contributed by atoms with Crippen molar-refractivity contribution in [3.8, 4) is 5.75 Å². The van der Waals surface area contributed by atoms with Crippen LogP contribution >= 0.6 is 0 Å². The molecule has 0 saturated carbocycles. The summed E-state index contributed by atoms with van der Waals surface area (Å²) in [5.41, 5.74) is 2.53. The Kier molecular flexibility index (Phi) is 4.44. The van der Waals surface area contributed by atoms with E-state index in [0.29, 0.717) is 17.5 Å². The molecule has 0 bridgehead atoms. The highest BCUT2D eigenvalue weighted by Gasteiger charge is 2.34. The van der Waals surface area contributed by atoms with Crippen LogP contribution in [-0.4, -0.2) is 16.4 Å². The molecule has 1 unspecified atom stereocenters. The fourth-order valence-electron chi connectivity index (χ4n) is 3.35. The third kappa shape index (κ3) is 3.54. The first-order valence-electron chi connectivity index (χ1n) is 8.52. The summed E-state index contributed by atoms with van der Waals surface area (Å²) in [5.74, 6) is 0.523. The van der Waals surface area contributed by atoms with Gasteiger partial charge in [-0.2, -0.15) is 0 Å². The van der Waals surface area contributed by atoms with E-state index in [9.17, 15) is 14.9 Å². The number of amides is 1. The molecule has 136 valence electrons. The zero-order chi connectivity index (χ0) is 19.1. The van der Waals surface area contributed by atoms with Crippen LogP contribution in [-0.2, 0) is 0 Å². The van der Waals surface area contributed by atoms with Gasteiger partial charge in [-0.1, -0.05) is 17.7 Å². The minimum absolute atomic E-state index is 0.00900. The molecule has 6 heteroatoms. The third-order valence-corrected chi connectivity index (χ3v) is 4.58. The molecule has 1 aliphatic heterocycles. The lowest BCUT2D eigenvalue weighted by atomic mass is 9.88. The molecule has 0 fully saturated rings. The van der Waals surface area contributed by atoms with Crippen molar-refractivity contribution in [2.45, 2.75) is 45.8 Å². The van der Waals surface area contributed by atoms with Crippen molar-refractivity contribution in [1.29, 1.82) is 0 Å². The minimum atomic E-state index is -0.447. The second-order valence-corrected chi connectivity index (χ2v) is 7.39. The number of rotatable bonds is 3. The van der Waals surface area contributed by atoms with E-state index in [2.05, 4.69) is 5.32 Å². The van der Waals surface area contributed by atoms with E-state index >= 15 is 0 Å². The number of ether oxygens (including phenoxy) is 1.